The largest absolute Gasteiger partial charge is 0.497 e. The van der Waals surface area contributed by atoms with E-state index in [0.717, 1.165) is 43.1 Å². The molecular formula is C20H22N2O3. The number of cyclic esters (lactones) is 1. The van der Waals surface area contributed by atoms with Gasteiger partial charge in [-0.2, -0.15) is 0 Å². The topological polar surface area (TPSA) is 42.0 Å². The Bertz CT molecular complexity index is 777. The third-order valence-electron chi connectivity index (χ3n) is 4.93. The fourth-order valence-electron chi connectivity index (χ4n) is 3.66. The first-order chi connectivity index (χ1) is 12.2. The van der Waals surface area contributed by atoms with Crippen LogP contribution in [0.3, 0.4) is 0 Å². The molecule has 2 heterocycles. The smallest absolute Gasteiger partial charge is 0.414 e. The van der Waals surface area contributed by atoms with E-state index in [1.165, 1.54) is 5.56 Å². The molecule has 25 heavy (non-hydrogen) atoms. The first-order valence-corrected chi connectivity index (χ1v) is 8.64. The lowest BCUT2D eigenvalue weighted by Gasteiger charge is -2.32. The molecule has 0 aliphatic carbocycles. The summed E-state index contributed by atoms with van der Waals surface area (Å²) in [6.45, 7) is 3.06. The zero-order valence-electron chi connectivity index (χ0n) is 14.4. The van der Waals surface area contributed by atoms with Gasteiger partial charge in [-0.05, 0) is 35.7 Å². The summed E-state index contributed by atoms with van der Waals surface area (Å²) in [6.07, 6.45) is 0.683. The summed E-state index contributed by atoms with van der Waals surface area (Å²) >= 11 is 0. The van der Waals surface area contributed by atoms with Crippen molar-refractivity contribution in [3.8, 4) is 5.75 Å². The van der Waals surface area contributed by atoms with Crippen molar-refractivity contribution in [3.63, 3.8) is 0 Å². The van der Waals surface area contributed by atoms with Crippen molar-refractivity contribution in [1.29, 1.82) is 0 Å². The lowest BCUT2D eigenvalue weighted by Crippen LogP contribution is -2.40. The van der Waals surface area contributed by atoms with Gasteiger partial charge in [0.05, 0.1) is 18.8 Å². The van der Waals surface area contributed by atoms with E-state index in [0.29, 0.717) is 6.61 Å². The van der Waals surface area contributed by atoms with Gasteiger partial charge in [-0.1, -0.05) is 30.3 Å². The second-order valence-corrected chi connectivity index (χ2v) is 6.58. The molecule has 0 radical (unpaired) electrons. The number of ether oxygens (including phenoxy) is 2. The van der Waals surface area contributed by atoms with Crippen LogP contribution in [0.4, 0.5) is 10.5 Å². The number of nitrogens with zero attached hydrogens (tertiary/aromatic N) is 2. The van der Waals surface area contributed by atoms with E-state index in [1.54, 1.807) is 7.11 Å². The lowest BCUT2D eigenvalue weighted by atomic mass is 10.0. The Morgan fingerprint density at radius 3 is 2.96 bits per heavy atom. The minimum Gasteiger partial charge on any atom is -0.497 e. The van der Waals surface area contributed by atoms with Gasteiger partial charge in [-0.3, -0.25) is 9.80 Å². The molecule has 5 heteroatoms. The fourth-order valence-corrected chi connectivity index (χ4v) is 3.66. The van der Waals surface area contributed by atoms with Crippen molar-refractivity contribution >= 4 is 11.8 Å². The number of carbonyl (C=O) groups is 1. The highest BCUT2D eigenvalue weighted by molar-refractivity contribution is 5.91. The minimum atomic E-state index is -0.223. The molecule has 2 aromatic carbocycles. The van der Waals surface area contributed by atoms with Gasteiger partial charge in [0.15, 0.2) is 0 Å². The highest BCUT2D eigenvalue weighted by Gasteiger charge is 2.36. The molecule has 0 unspecified atom stereocenters. The molecule has 1 atom stereocenters. The summed E-state index contributed by atoms with van der Waals surface area (Å²) in [4.78, 5) is 16.4. The van der Waals surface area contributed by atoms with Crippen molar-refractivity contribution in [2.45, 2.75) is 25.6 Å². The molecule has 2 aliphatic heterocycles. The fraction of sp³-hybridized carbons (Fsp3) is 0.350. The average Bonchev–Trinajstić information content (AvgIpc) is 2.98. The summed E-state index contributed by atoms with van der Waals surface area (Å²) in [6, 6.07) is 16.4. The predicted octanol–water partition coefficient (Wildman–Crippen LogP) is 3.43. The summed E-state index contributed by atoms with van der Waals surface area (Å²) in [5.41, 5.74) is 3.37. The number of benzene rings is 2. The van der Waals surface area contributed by atoms with Crippen LogP contribution in [0, 0.1) is 0 Å². The highest BCUT2D eigenvalue weighted by Crippen LogP contribution is 2.31. The van der Waals surface area contributed by atoms with Gasteiger partial charge in [0, 0.05) is 19.6 Å². The molecule has 4 rings (SSSR count). The van der Waals surface area contributed by atoms with Gasteiger partial charge in [-0.25, -0.2) is 4.79 Å². The summed E-state index contributed by atoms with van der Waals surface area (Å²) in [5, 5.41) is 0. The van der Waals surface area contributed by atoms with Crippen LogP contribution in [-0.4, -0.2) is 37.3 Å². The van der Waals surface area contributed by atoms with Gasteiger partial charge in [0.25, 0.3) is 0 Å². The van der Waals surface area contributed by atoms with E-state index in [-0.39, 0.29) is 12.1 Å². The van der Waals surface area contributed by atoms with E-state index < -0.39 is 0 Å². The third-order valence-corrected chi connectivity index (χ3v) is 4.93. The van der Waals surface area contributed by atoms with E-state index in [1.807, 2.05) is 35.2 Å². The number of methoxy groups -OCH3 is 1. The van der Waals surface area contributed by atoms with E-state index >= 15 is 0 Å². The highest BCUT2D eigenvalue weighted by atomic mass is 16.6. The molecule has 0 N–H and O–H groups in total. The third kappa shape index (κ3) is 3.20. The summed E-state index contributed by atoms with van der Waals surface area (Å²) < 4.78 is 10.6. The maximum atomic E-state index is 12.2. The van der Waals surface area contributed by atoms with E-state index in [9.17, 15) is 4.79 Å². The summed E-state index contributed by atoms with van der Waals surface area (Å²) in [5.74, 6) is 0.880. The van der Waals surface area contributed by atoms with Crippen LogP contribution in [0.5, 0.6) is 5.75 Å². The molecule has 0 aromatic heterocycles. The van der Waals surface area contributed by atoms with Crippen LogP contribution in [0.25, 0.3) is 0 Å². The molecule has 0 saturated carbocycles. The Morgan fingerprint density at radius 2 is 2.08 bits per heavy atom. The monoisotopic (exact) mass is 338 g/mol. The Labute approximate surface area is 147 Å². The van der Waals surface area contributed by atoms with Crippen LogP contribution in [0.15, 0.2) is 48.5 Å². The molecule has 1 amide bonds. The predicted molar refractivity (Wildman–Crippen MR) is 95.8 cm³/mol. The first kappa shape index (κ1) is 16.0. The van der Waals surface area contributed by atoms with Crippen LogP contribution in [0.1, 0.15) is 17.5 Å². The number of amides is 1. The number of fused-ring (bicyclic) bond motifs is 3. The van der Waals surface area contributed by atoms with Crippen molar-refractivity contribution in [2.24, 2.45) is 0 Å². The molecule has 5 nitrogen and oxygen atoms in total. The van der Waals surface area contributed by atoms with Crippen LogP contribution in [-0.2, 0) is 17.8 Å². The lowest BCUT2D eigenvalue weighted by molar-refractivity contribution is 0.177. The minimum absolute atomic E-state index is 0.113. The van der Waals surface area contributed by atoms with Crippen molar-refractivity contribution in [3.05, 3.63) is 59.7 Å². The molecule has 1 saturated heterocycles. The van der Waals surface area contributed by atoms with Crippen LogP contribution >= 0.6 is 0 Å². The molecular weight excluding hydrogens is 316 g/mol. The Morgan fingerprint density at radius 1 is 1.20 bits per heavy atom. The Balaban J connectivity index is 1.61. The Hall–Kier alpha value is -2.53. The van der Waals surface area contributed by atoms with Gasteiger partial charge in [-0.15, -0.1) is 0 Å². The van der Waals surface area contributed by atoms with Gasteiger partial charge in [0.1, 0.15) is 12.4 Å². The van der Waals surface area contributed by atoms with E-state index in [2.05, 4.69) is 23.1 Å². The first-order valence-electron chi connectivity index (χ1n) is 8.64. The zero-order chi connectivity index (χ0) is 17.2. The maximum absolute atomic E-state index is 12.2. The molecule has 1 fully saturated rings. The molecule has 2 aliphatic rings. The molecule has 0 bridgehead atoms. The molecule has 2 aromatic rings. The quantitative estimate of drug-likeness (QED) is 0.860. The van der Waals surface area contributed by atoms with Crippen LogP contribution < -0.4 is 9.64 Å². The normalized spacial score (nSPS) is 20.3. The number of para-hydroxylation sites is 1. The number of anilines is 1. The number of hydrogen-bond donors (Lipinski definition) is 0. The maximum Gasteiger partial charge on any atom is 0.414 e. The van der Waals surface area contributed by atoms with Crippen molar-refractivity contribution < 1.29 is 14.3 Å². The van der Waals surface area contributed by atoms with E-state index in [4.69, 9.17) is 9.47 Å². The van der Waals surface area contributed by atoms with Gasteiger partial charge < -0.3 is 9.47 Å². The number of carbonyl (C=O) groups excluding carboxylic acids is 1. The van der Waals surface area contributed by atoms with Gasteiger partial charge in [0.2, 0.25) is 0 Å². The molecule has 0 spiro atoms. The SMILES string of the molecule is COc1cccc(CN2CC[C@H]3COC(=O)N3c3ccccc3C2)c1. The standard InChI is InChI=1S/C20H22N2O3/c1-24-18-7-4-5-15(11-18)12-21-10-9-17-14-25-20(23)22(17)19-8-3-2-6-16(19)13-21/h2-8,11,17H,9-10,12-14H2,1H3/t17-/m0/s1. The average molecular weight is 338 g/mol. The molecule has 130 valence electrons. The van der Waals surface area contributed by atoms with Gasteiger partial charge >= 0.3 is 6.09 Å². The van der Waals surface area contributed by atoms with Crippen molar-refractivity contribution in [1.82, 2.24) is 4.90 Å². The number of hydrogen-bond acceptors (Lipinski definition) is 4. The summed E-state index contributed by atoms with van der Waals surface area (Å²) in [7, 11) is 1.69. The number of rotatable bonds is 3. The van der Waals surface area contributed by atoms with Crippen LogP contribution in [0.2, 0.25) is 0 Å². The zero-order valence-corrected chi connectivity index (χ0v) is 14.4. The Kier molecular flexibility index (Phi) is 4.32. The second-order valence-electron chi connectivity index (χ2n) is 6.58. The second kappa shape index (κ2) is 6.76. The van der Waals surface area contributed by atoms with Crippen molar-refractivity contribution in [2.75, 3.05) is 25.2 Å².